The van der Waals surface area contributed by atoms with Gasteiger partial charge >= 0.3 is 0 Å². The Bertz CT molecular complexity index is 273. The molecule has 4 unspecified atom stereocenters. The summed E-state index contributed by atoms with van der Waals surface area (Å²) in [7, 11) is 1.91. The third-order valence-corrected chi connectivity index (χ3v) is 4.41. The van der Waals surface area contributed by atoms with Gasteiger partial charge in [0, 0.05) is 18.9 Å². The van der Waals surface area contributed by atoms with Crippen molar-refractivity contribution in [3.8, 4) is 0 Å². The molecule has 1 aliphatic heterocycles. The van der Waals surface area contributed by atoms with Crippen LogP contribution in [-0.2, 0) is 4.74 Å². The van der Waals surface area contributed by atoms with Crippen LogP contribution in [0.25, 0.3) is 0 Å². The van der Waals surface area contributed by atoms with Crippen LogP contribution in [0.5, 0.6) is 0 Å². The van der Waals surface area contributed by atoms with Gasteiger partial charge in [0.25, 0.3) is 0 Å². The summed E-state index contributed by atoms with van der Waals surface area (Å²) in [4.78, 5) is 0. The largest absolute Gasteiger partial charge is 0.374 e. The van der Waals surface area contributed by atoms with Gasteiger partial charge in [0.15, 0.2) is 0 Å². The van der Waals surface area contributed by atoms with Crippen molar-refractivity contribution in [2.45, 2.75) is 76.0 Å². The fourth-order valence-electron chi connectivity index (χ4n) is 3.42. The summed E-state index contributed by atoms with van der Waals surface area (Å²) in [5, 5.41) is 3.27. The first-order chi connectivity index (χ1) is 8.50. The summed E-state index contributed by atoms with van der Waals surface area (Å²) in [6.07, 6.45) is 5.23. The average Bonchev–Trinajstić information content (AvgIpc) is 2.71. The zero-order chi connectivity index (χ0) is 13.2. The summed E-state index contributed by atoms with van der Waals surface area (Å²) >= 11 is 0. The zero-order valence-electron chi connectivity index (χ0n) is 11.4. The minimum absolute atomic E-state index is 0.0629. The van der Waals surface area contributed by atoms with E-state index in [1.807, 2.05) is 7.05 Å². The van der Waals surface area contributed by atoms with Gasteiger partial charge in [0.1, 0.15) is 0 Å². The van der Waals surface area contributed by atoms with E-state index in [0.29, 0.717) is 12.5 Å². The number of ether oxygens (including phenoxy) is 1. The molecular weight excluding hydrogens is 236 g/mol. The minimum Gasteiger partial charge on any atom is -0.374 e. The Morgan fingerprint density at radius 3 is 2.67 bits per heavy atom. The maximum atomic E-state index is 13.4. The van der Waals surface area contributed by atoms with Gasteiger partial charge in [-0.1, -0.05) is 0 Å². The number of hydrogen-bond acceptors (Lipinski definition) is 2. The van der Waals surface area contributed by atoms with Crippen LogP contribution in [0, 0.1) is 5.92 Å². The van der Waals surface area contributed by atoms with Crippen molar-refractivity contribution in [3.63, 3.8) is 0 Å². The summed E-state index contributed by atoms with van der Waals surface area (Å²) < 4.78 is 32.7. The lowest BCUT2D eigenvalue weighted by Crippen LogP contribution is -2.40. The Labute approximate surface area is 108 Å². The molecule has 2 nitrogen and oxygen atoms in total. The summed E-state index contributed by atoms with van der Waals surface area (Å²) in [5.74, 6) is -2.30. The highest BCUT2D eigenvalue weighted by atomic mass is 19.3. The second-order valence-electron chi connectivity index (χ2n) is 6.01. The van der Waals surface area contributed by atoms with E-state index in [1.54, 1.807) is 0 Å². The quantitative estimate of drug-likeness (QED) is 0.838. The molecule has 0 aromatic carbocycles. The van der Waals surface area contributed by atoms with E-state index in [1.165, 1.54) is 0 Å². The van der Waals surface area contributed by atoms with Crippen molar-refractivity contribution >= 4 is 0 Å². The molecule has 2 rings (SSSR count). The molecule has 2 aliphatic rings. The van der Waals surface area contributed by atoms with Crippen molar-refractivity contribution < 1.29 is 13.5 Å². The smallest absolute Gasteiger partial charge is 0.248 e. The van der Waals surface area contributed by atoms with E-state index in [9.17, 15) is 8.78 Å². The van der Waals surface area contributed by atoms with E-state index < -0.39 is 5.92 Å². The van der Waals surface area contributed by atoms with Crippen molar-refractivity contribution in [2.24, 2.45) is 5.92 Å². The topological polar surface area (TPSA) is 21.3 Å². The van der Waals surface area contributed by atoms with Crippen LogP contribution < -0.4 is 5.32 Å². The van der Waals surface area contributed by atoms with Gasteiger partial charge in [-0.15, -0.1) is 0 Å². The van der Waals surface area contributed by atoms with Gasteiger partial charge in [0.2, 0.25) is 5.92 Å². The second-order valence-corrected chi connectivity index (χ2v) is 6.01. The first-order valence-electron chi connectivity index (χ1n) is 7.21. The predicted octanol–water partition coefficient (Wildman–Crippen LogP) is 3.36. The predicted molar refractivity (Wildman–Crippen MR) is 67.9 cm³/mol. The Kier molecular flexibility index (Phi) is 4.59. The number of rotatable bonds is 4. The molecule has 0 bridgehead atoms. The highest BCUT2D eigenvalue weighted by Crippen LogP contribution is 2.39. The monoisotopic (exact) mass is 261 g/mol. The van der Waals surface area contributed by atoms with Gasteiger partial charge in [-0.3, -0.25) is 0 Å². The molecule has 0 amide bonds. The highest BCUT2D eigenvalue weighted by molar-refractivity contribution is 4.87. The van der Waals surface area contributed by atoms with Crippen LogP contribution in [0.4, 0.5) is 8.78 Å². The normalized spacial score (nSPS) is 37.7. The Balaban J connectivity index is 1.86. The molecule has 0 aromatic rings. The Morgan fingerprint density at radius 2 is 2.11 bits per heavy atom. The molecule has 1 aliphatic carbocycles. The van der Waals surface area contributed by atoms with E-state index in [-0.39, 0.29) is 30.9 Å². The molecule has 4 heteroatoms. The maximum absolute atomic E-state index is 13.4. The van der Waals surface area contributed by atoms with Crippen LogP contribution in [0.3, 0.4) is 0 Å². The van der Waals surface area contributed by atoms with E-state index in [2.05, 4.69) is 12.2 Å². The maximum Gasteiger partial charge on any atom is 0.248 e. The van der Waals surface area contributed by atoms with Gasteiger partial charge in [-0.05, 0) is 52.0 Å². The van der Waals surface area contributed by atoms with Crippen LogP contribution in [0.15, 0.2) is 0 Å². The molecule has 4 atom stereocenters. The minimum atomic E-state index is -2.44. The number of halogens is 2. The van der Waals surface area contributed by atoms with Crippen molar-refractivity contribution in [2.75, 3.05) is 7.05 Å². The van der Waals surface area contributed by atoms with E-state index >= 15 is 0 Å². The highest BCUT2D eigenvalue weighted by Gasteiger charge is 2.38. The number of nitrogens with one attached hydrogen (secondary N) is 1. The van der Waals surface area contributed by atoms with Crippen LogP contribution in [0.2, 0.25) is 0 Å². The molecular formula is C14H25F2NO. The number of hydrogen-bond donors (Lipinski definition) is 1. The van der Waals surface area contributed by atoms with Gasteiger partial charge in [-0.25, -0.2) is 8.78 Å². The van der Waals surface area contributed by atoms with E-state index in [0.717, 1.165) is 25.7 Å². The van der Waals surface area contributed by atoms with Gasteiger partial charge in [-0.2, -0.15) is 0 Å². The second kappa shape index (κ2) is 5.83. The lowest BCUT2D eigenvalue weighted by Gasteiger charge is -2.33. The molecule has 106 valence electrons. The first kappa shape index (κ1) is 14.2. The molecule has 0 aromatic heterocycles. The standard InChI is InChI=1S/C14H25F2NO/c1-10-5-6-13(18-10)12(17-2)8-11-4-3-7-14(15,16)9-11/h10-13,17H,3-9H2,1-2H3. The summed E-state index contributed by atoms with van der Waals surface area (Å²) in [6.45, 7) is 2.08. The molecule has 1 saturated carbocycles. The SMILES string of the molecule is CNC(CC1CCCC(F)(F)C1)C1CCC(C)O1. The molecule has 0 radical (unpaired) electrons. The lowest BCUT2D eigenvalue weighted by molar-refractivity contribution is -0.0584. The van der Waals surface area contributed by atoms with Crippen LogP contribution in [-0.4, -0.2) is 31.2 Å². The fraction of sp³-hybridized carbons (Fsp3) is 1.00. The molecule has 0 spiro atoms. The third-order valence-electron chi connectivity index (χ3n) is 4.41. The zero-order valence-corrected chi connectivity index (χ0v) is 11.4. The Hall–Kier alpha value is -0.220. The molecule has 1 N–H and O–H groups in total. The first-order valence-corrected chi connectivity index (χ1v) is 7.21. The molecule has 1 saturated heterocycles. The van der Waals surface area contributed by atoms with Crippen molar-refractivity contribution in [1.82, 2.24) is 5.32 Å². The molecule has 2 fully saturated rings. The van der Waals surface area contributed by atoms with Crippen LogP contribution in [0.1, 0.15) is 51.9 Å². The van der Waals surface area contributed by atoms with Gasteiger partial charge < -0.3 is 10.1 Å². The fourth-order valence-corrected chi connectivity index (χ4v) is 3.42. The number of likely N-dealkylation sites (N-methyl/N-ethyl adjacent to an activating group) is 1. The van der Waals surface area contributed by atoms with Gasteiger partial charge in [0.05, 0.1) is 12.2 Å². The lowest BCUT2D eigenvalue weighted by atomic mass is 9.81. The Morgan fingerprint density at radius 1 is 1.33 bits per heavy atom. The summed E-state index contributed by atoms with van der Waals surface area (Å²) in [6, 6.07) is 0.230. The molecule has 1 heterocycles. The van der Waals surface area contributed by atoms with Crippen molar-refractivity contribution in [3.05, 3.63) is 0 Å². The van der Waals surface area contributed by atoms with E-state index in [4.69, 9.17) is 4.74 Å². The average molecular weight is 261 g/mol. The molecule has 18 heavy (non-hydrogen) atoms. The van der Waals surface area contributed by atoms with Crippen LogP contribution >= 0.6 is 0 Å². The third kappa shape index (κ3) is 3.64. The number of alkyl halides is 2. The van der Waals surface area contributed by atoms with Crippen molar-refractivity contribution in [1.29, 1.82) is 0 Å². The summed E-state index contributed by atoms with van der Waals surface area (Å²) in [5.41, 5.74) is 0.